The van der Waals surface area contributed by atoms with Crippen LogP contribution < -0.4 is 10.1 Å². The molecular formula is C22H25ClN2O4S. The van der Waals surface area contributed by atoms with Gasteiger partial charge in [-0.25, -0.2) is 0 Å². The van der Waals surface area contributed by atoms with E-state index in [4.69, 9.17) is 16.3 Å². The second kappa shape index (κ2) is 10.1. The average Bonchev–Trinajstić information content (AvgIpc) is 3.23. The maximum atomic E-state index is 12.8. The number of benzene rings is 1. The van der Waals surface area contributed by atoms with Crippen molar-refractivity contribution in [2.45, 2.75) is 32.6 Å². The van der Waals surface area contributed by atoms with Crippen LogP contribution in [0.5, 0.6) is 5.75 Å². The molecular weight excluding hydrogens is 424 g/mol. The third-order valence-corrected chi connectivity index (χ3v) is 6.54. The Morgan fingerprint density at radius 3 is 2.77 bits per heavy atom. The molecule has 30 heavy (non-hydrogen) atoms. The van der Waals surface area contributed by atoms with Crippen molar-refractivity contribution in [2.75, 3.05) is 25.5 Å². The van der Waals surface area contributed by atoms with Crippen molar-refractivity contribution >= 4 is 46.2 Å². The number of nitrogens with one attached hydrogen (secondary N) is 1. The average molecular weight is 449 g/mol. The minimum absolute atomic E-state index is 0.0280. The quantitative estimate of drug-likeness (QED) is 0.612. The summed E-state index contributed by atoms with van der Waals surface area (Å²) in [7, 11) is 1.54. The van der Waals surface area contributed by atoms with Crippen LogP contribution in [0.3, 0.4) is 0 Å². The molecule has 2 amide bonds. The highest BCUT2D eigenvalue weighted by atomic mass is 35.5. The summed E-state index contributed by atoms with van der Waals surface area (Å²) in [5.41, 5.74) is 1.20. The monoisotopic (exact) mass is 448 g/mol. The summed E-state index contributed by atoms with van der Waals surface area (Å²) < 4.78 is 5.11. The number of nitrogens with zero attached hydrogens (tertiary/aromatic N) is 1. The SMILES string of the molecule is COc1ccc(NC(=O)CC[C@@H]2CCCN(C(=O)c3csc(C(C)=O)c3)C2)cc1Cl. The van der Waals surface area contributed by atoms with Gasteiger partial charge < -0.3 is 15.0 Å². The van der Waals surface area contributed by atoms with Crippen LogP contribution in [0, 0.1) is 5.92 Å². The minimum Gasteiger partial charge on any atom is -0.495 e. The van der Waals surface area contributed by atoms with Gasteiger partial charge >= 0.3 is 0 Å². The number of halogens is 1. The van der Waals surface area contributed by atoms with Crippen LogP contribution in [0.25, 0.3) is 0 Å². The third kappa shape index (κ3) is 5.61. The summed E-state index contributed by atoms with van der Waals surface area (Å²) in [6.45, 7) is 2.84. The van der Waals surface area contributed by atoms with Gasteiger partial charge in [0.15, 0.2) is 5.78 Å². The molecule has 1 aliphatic rings. The maximum absolute atomic E-state index is 12.8. The second-order valence-corrected chi connectivity index (χ2v) is 8.77. The van der Waals surface area contributed by atoms with Gasteiger partial charge in [-0.3, -0.25) is 14.4 Å². The highest BCUT2D eigenvalue weighted by molar-refractivity contribution is 7.12. The first-order valence-corrected chi connectivity index (χ1v) is 11.1. The summed E-state index contributed by atoms with van der Waals surface area (Å²) in [5, 5.41) is 5.05. The van der Waals surface area contributed by atoms with E-state index in [9.17, 15) is 14.4 Å². The summed E-state index contributed by atoms with van der Waals surface area (Å²) in [6.07, 6.45) is 2.99. The Labute approximate surface area is 185 Å². The lowest BCUT2D eigenvalue weighted by Crippen LogP contribution is -2.40. The number of thiophene rings is 1. The molecule has 1 aromatic carbocycles. The molecule has 1 N–H and O–H groups in total. The first kappa shape index (κ1) is 22.3. The van der Waals surface area contributed by atoms with Gasteiger partial charge in [-0.2, -0.15) is 0 Å². The lowest BCUT2D eigenvalue weighted by atomic mass is 9.93. The number of carbonyl (C=O) groups excluding carboxylic acids is 3. The van der Waals surface area contributed by atoms with Crippen molar-refractivity contribution in [2.24, 2.45) is 5.92 Å². The zero-order valence-corrected chi connectivity index (χ0v) is 18.6. The molecule has 3 rings (SSSR count). The molecule has 0 spiro atoms. The molecule has 1 aromatic heterocycles. The Balaban J connectivity index is 1.50. The van der Waals surface area contributed by atoms with E-state index in [1.54, 1.807) is 29.6 Å². The molecule has 160 valence electrons. The fourth-order valence-electron chi connectivity index (χ4n) is 3.60. The van der Waals surface area contributed by atoms with Crippen molar-refractivity contribution in [3.8, 4) is 5.75 Å². The highest BCUT2D eigenvalue weighted by Gasteiger charge is 2.25. The van der Waals surface area contributed by atoms with E-state index >= 15 is 0 Å². The van der Waals surface area contributed by atoms with Crippen LogP contribution in [0.15, 0.2) is 29.6 Å². The zero-order valence-electron chi connectivity index (χ0n) is 17.1. The number of hydrogen-bond donors (Lipinski definition) is 1. The van der Waals surface area contributed by atoms with Crippen LogP contribution in [-0.4, -0.2) is 42.7 Å². The fourth-order valence-corrected chi connectivity index (χ4v) is 4.65. The topological polar surface area (TPSA) is 75.7 Å². The molecule has 0 aliphatic carbocycles. The van der Waals surface area contributed by atoms with E-state index in [0.29, 0.717) is 52.8 Å². The van der Waals surface area contributed by atoms with Gasteiger partial charge in [-0.1, -0.05) is 11.6 Å². The largest absolute Gasteiger partial charge is 0.495 e. The predicted octanol–water partition coefficient (Wildman–Crippen LogP) is 4.88. The number of Topliss-reactive ketones (excluding diaryl/α,β-unsaturated/α-hetero) is 1. The molecule has 1 atom stereocenters. The molecule has 2 heterocycles. The molecule has 8 heteroatoms. The Morgan fingerprint density at radius 2 is 2.10 bits per heavy atom. The number of ketones is 1. The summed E-state index contributed by atoms with van der Waals surface area (Å²) in [6, 6.07) is 6.80. The molecule has 0 unspecified atom stereocenters. The highest BCUT2D eigenvalue weighted by Crippen LogP contribution is 2.28. The molecule has 1 saturated heterocycles. The van der Waals surface area contributed by atoms with Gasteiger partial charge in [0.1, 0.15) is 5.75 Å². The predicted molar refractivity (Wildman–Crippen MR) is 119 cm³/mol. The molecule has 1 aliphatic heterocycles. The molecule has 1 fully saturated rings. The Morgan fingerprint density at radius 1 is 1.30 bits per heavy atom. The number of hydrogen-bond acceptors (Lipinski definition) is 5. The lowest BCUT2D eigenvalue weighted by molar-refractivity contribution is -0.116. The second-order valence-electron chi connectivity index (χ2n) is 7.45. The van der Waals surface area contributed by atoms with Crippen molar-refractivity contribution in [3.63, 3.8) is 0 Å². The van der Waals surface area contributed by atoms with Crippen molar-refractivity contribution in [1.29, 1.82) is 0 Å². The van der Waals surface area contributed by atoms with Gasteiger partial charge in [0.25, 0.3) is 5.91 Å². The van der Waals surface area contributed by atoms with Gasteiger partial charge in [-0.05, 0) is 56.4 Å². The van der Waals surface area contributed by atoms with Crippen LogP contribution in [0.4, 0.5) is 5.69 Å². The normalized spacial score (nSPS) is 16.2. The molecule has 0 saturated carbocycles. The summed E-state index contributed by atoms with van der Waals surface area (Å²) in [4.78, 5) is 39.0. The number of ether oxygens (including phenoxy) is 1. The van der Waals surface area contributed by atoms with E-state index < -0.39 is 0 Å². The van der Waals surface area contributed by atoms with Gasteiger partial charge in [0, 0.05) is 30.6 Å². The van der Waals surface area contributed by atoms with Gasteiger partial charge in [-0.15, -0.1) is 11.3 Å². The lowest BCUT2D eigenvalue weighted by Gasteiger charge is -2.32. The van der Waals surface area contributed by atoms with Crippen molar-refractivity contribution < 1.29 is 19.1 Å². The molecule has 6 nitrogen and oxygen atoms in total. The van der Waals surface area contributed by atoms with Crippen LogP contribution >= 0.6 is 22.9 Å². The number of amides is 2. The van der Waals surface area contributed by atoms with Crippen molar-refractivity contribution in [3.05, 3.63) is 45.1 Å². The Bertz CT molecular complexity index is 943. The number of anilines is 1. The number of rotatable bonds is 7. The zero-order chi connectivity index (χ0) is 21.7. The van der Waals surface area contributed by atoms with E-state index in [-0.39, 0.29) is 23.5 Å². The fraction of sp³-hybridized carbons (Fsp3) is 0.409. The number of piperidine rings is 1. The minimum atomic E-state index is -0.0800. The van der Waals surface area contributed by atoms with E-state index in [1.165, 1.54) is 25.4 Å². The van der Waals surface area contributed by atoms with Crippen LogP contribution in [0.2, 0.25) is 5.02 Å². The smallest absolute Gasteiger partial charge is 0.254 e. The first-order chi connectivity index (χ1) is 14.4. The Hall–Kier alpha value is -2.38. The van der Waals surface area contributed by atoms with Crippen molar-refractivity contribution in [1.82, 2.24) is 4.90 Å². The van der Waals surface area contributed by atoms with Gasteiger partial charge in [0.05, 0.1) is 22.6 Å². The standard InChI is InChI=1S/C22H25ClN2O4S/c1-14(26)20-10-16(13-30-20)22(28)25-9-3-4-15(12-25)5-8-21(27)24-17-6-7-19(29-2)18(23)11-17/h6-7,10-11,13,15H,3-5,8-9,12H2,1-2H3,(H,24,27)/t15-/m0/s1. The first-order valence-electron chi connectivity index (χ1n) is 9.89. The molecule has 0 bridgehead atoms. The summed E-state index contributed by atoms with van der Waals surface area (Å²) in [5.74, 6) is 0.686. The number of likely N-dealkylation sites (tertiary alicyclic amines) is 1. The third-order valence-electron chi connectivity index (χ3n) is 5.21. The van der Waals surface area contributed by atoms with Gasteiger partial charge in [0.2, 0.25) is 5.91 Å². The Kier molecular flexibility index (Phi) is 7.50. The summed E-state index contributed by atoms with van der Waals surface area (Å²) >= 11 is 7.40. The molecule has 2 aromatic rings. The van der Waals surface area contributed by atoms with E-state index in [0.717, 1.165) is 12.8 Å². The van der Waals surface area contributed by atoms with E-state index in [1.807, 2.05) is 4.90 Å². The van der Waals surface area contributed by atoms with Crippen LogP contribution in [0.1, 0.15) is 52.6 Å². The number of carbonyl (C=O) groups is 3. The maximum Gasteiger partial charge on any atom is 0.254 e. The number of methoxy groups -OCH3 is 1. The van der Waals surface area contributed by atoms with Crippen LogP contribution in [-0.2, 0) is 4.79 Å². The van der Waals surface area contributed by atoms with E-state index in [2.05, 4.69) is 5.32 Å². The molecule has 0 radical (unpaired) electrons.